The second kappa shape index (κ2) is 5.25. The zero-order chi connectivity index (χ0) is 15.9. The largest absolute Gasteiger partial charge is 0.507 e. The van der Waals surface area contributed by atoms with Crippen molar-refractivity contribution in [3.8, 4) is 0 Å². The fraction of sp³-hybridized carbons (Fsp3) is 0.167. The maximum absolute atomic E-state index is 13.3. The number of carbonyl (C=O) groups excluding carboxylic acids is 1. The van der Waals surface area contributed by atoms with E-state index in [-0.39, 0.29) is 16.6 Å². The molecule has 22 heavy (non-hydrogen) atoms. The van der Waals surface area contributed by atoms with E-state index in [9.17, 15) is 14.3 Å². The van der Waals surface area contributed by atoms with Crippen LogP contribution in [0.1, 0.15) is 23.6 Å². The molecule has 2 aromatic carbocycles. The van der Waals surface area contributed by atoms with Gasteiger partial charge >= 0.3 is 0 Å². The molecule has 0 radical (unpaired) electrons. The number of aliphatic hydroxyl groups is 1. The zero-order valence-electron chi connectivity index (χ0n) is 11.9. The molecule has 0 aromatic heterocycles. The van der Waals surface area contributed by atoms with Crippen molar-refractivity contribution in [2.24, 2.45) is 0 Å². The minimum Gasteiger partial charge on any atom is -0.507 e. The van der Waals surface area contributed by atoms with Gasteiger partial charge in [-0.05, 0) is 36.6 Å². The van der Waals surface area contributed by atoms with Gasteiger partial charge in [0.15, 0.2) is 5.78 Å². The molecule has 1 unspecified atom stereocenters. The van der Waals surface area contributed by atoms with Gasteiger partial charge in [0.1, 0.15) is 11.6 Å². The summed E-state index contributed by atoms with van der Waals surface area (Å²) in [4.78, 5) is 12.5. The highest BCUT2D eigenvalue weighted by atomic mass is 35.5. The van der Waals surface area contributed by atoms with Gasteiger partial charge in [-0.1, -0.05) is 41.9 Å². The molecule has 0 bridgehead atoms. The van der Waals surface area contributed by atoms with Gasteiger partial charge in [0, 0.05) is 11.6 Å². The predicted molar refractivity (Wildman–Crippen MR) is 84.5 cm³/mol. The van der Waals surface area contributed by atoms with Crippen LogP contribution in [0.2, 0.25) is 5.02 Å². The van der Waals surface area contributed by atoms with Crippen LogP contribution in [0.15, 0.2) is 48.5 Å². The maximum atomic E-state index is 13.3. The Morgan fingerprint density at radius 3 is 2.68 bits per heavy atom. The first-order valence-electron chi connectivity index (χ1n) is 6.91. The third kappa shape index (κ3) is 2.32. The molecule has 0 saturated carbocycles. The predicted octanol–water partition coefficient (Wildman–Crippen LogP) is 4.46. The van der Waals surface area contributed by atoms with Crippen molar-refractivity contribution in [1.82, 2.24) is 0 Å². The van der Waals surface area contributed by atoms with Crippen molar-refractivity contribution in [3.05, 3.63) is 76.1 Å². The van der Waals surface area contributed by atoms with Crippen molar-refractivity contribution in [1.29, 1.82) is 0 Å². The smallest absolute Gasteiger partial charge is 0.169 e. The van der Waals surface area contributed by atoms with E-state index in [0.717, 1.165) is 11.1 Å². The summed E-state index contributed by atoms with van der Waals surface area (Å²) in [5.41, 5.74) is 1.37. The van der Waals surface area contributed by atoms with Gasteiger partial charge in [-0.3, -0.25) is 4.79 Å². The molecular formula is C18H14ClFO2. The highest BCUT2D eigenvalue weighted by molar-refractivity contribution is 6.30. The van der Waals surface area contributed by atoms with Crippen LogP contribution in [-0.2, 0) is 16.6 Å². The van der Waals surface area contributed by atoms with Crippen molar-refractivity contribution < 1.29 is 14.3 Å². The van der Waals surface area contributed by atoms with Gasteiger partial charge in [0.25, 0.3) is 0 Å². The molecule has 0 spiro atoms. The molecule has 1 N–H and O–H groups in total. The SMILES string of the molecule is CC1(Cc2ccc(F)c(Cl)c2)C(=O)C=C(O)c2ccccc21. The van der Waals surface area contributed by atoms with Gasteiger partial charge in [-0.2, -0.15) is 0 Å². The molecule has 0 fully saturated rings. The molecule has 3 rings (SSSR count). The Hall–Kier alpha value is -2.13. The summed E-state index contributed by atoms with van der Waals surface area (Å²) >= 11 is 5.82. The Labute approximate surface area is 132 Å². The highest BCUT2D eigenvalue weighted by Gasteiger charge is 2.39. The number of benzene rings is 2. The second-order valence-electron chi connectivity index (χ2n) is 5.70. The highest BCUT2D eigenvalue weighted by Crippen LogP contribution is 2.38. The van der Waals surface area contributed by atoms with E-state index in [2.05, 4.69) is 0 Å². The topological polar surface area (TPSA) is 37.3 Å². The average molecular weight is 317 g/mol. The summed E-state index contributed by atoms with van der Waals surface area (Å²) < 4.78 is 13.3. The maximum Gasteiger partial charge on any atom is 0.169 e. The van der Waals surface area contributed by atoms with Crippen LogP contribution >= 0.6 is 11.6 Å². The van der Waals surface area contributed by atoms with E-state index in [1.807, 2.05) is 25.1 Å². The number of carbonyl (C=O) groups is 1. The van der Waals surface area contributed by atoms with Crippen LogP contribution in [0.3, 0.4) is 0 Å². The number of hydrogen-bond acceptors (Lipinski definition) is 2. The fourth-order valence-electron chi connectivity index (χ4n) is 2.92. The van der Waals surface area contributed by atoms with Crippen molar-refractivity contribution in [2.75, 3.05) is 0 Å². The molecule has 1 aliphatic rings. The molecule has 4 heteroatoms. The lowest BCUT2D eigenvalue weighted by Crippen LogP contribution is -2.37. The third-order valence-corrected chi connectivity index (χ3v) is 4.44. The molecule has 0 saturated heterocycles. The van der Waals surface area contributed by atoms with Crippen molar-refractivity contribution in [3.63, 3.8) is 0 Å². The lowest BCUT2D eigenvalue weighted by Gasteiger charge is -2.32. The van der Waals surface area contributed by atoms with Gasteiger partial charge in [-0.15, -0.1) is 0 Å². The van der Waals surface area contributed by atoms with E-state index in [0.29, 0.717) is 12.0 Å². The Morgan fingerprint density at radius 2 is 1.95 bits per heavy atom. The Morgan fingerprint density at radius 1 is 1.23 bits per heavy atom. The number of fused-ring (bicyclic) bond motifs is 1. The van der Waals surface area contributed by atoms with Gasteiger partial charge in [0.05, 0.1) is 10.4 Å². The molecular weight excluding hydrogens is 303 g/mol. The Kier molecular flexibility index (Phi) is 3.53. The van der Waals surface area contributed by atoms with E-state index < -0.39 is 11.2 Å². The standard InChI is InChI=1S/C18H14ClFO2/c1-18(10-11-6-7-15(20)14(19)8-11)13-5-3-2-4-12(13)16(21)9-17(18)22/h2-9,21H,10H2,1H3. The number of rotatable bonds is 2. The van der Waals surface area contributed by atoms with Gasteiger partial charge < -0.3 is 5.11 Å². The van der Waals surface area contributed by atoms with E-state index in [1.165, 1.54) is 18.2 Å². The second-order valence-corrected chi connectivity index (χ2v) is 6.10. The minimum atomic E-state index is -0.815. The quantitative estimate of drug-likeness (QED) is 0.888. The van der Waals surface area contributed by atoms with E-state index >= 15 is 0 Å². The molecule has 2 aromatic rings. The van der Waals surface area contributed by atoms with Gasteiger partial charge in [-0.25, -0.2) is 4.39 Å². The number of halogens is 2. The van der Waals surface area contributed by atoms with Gasteiger partial charge in [0.2, 0.25) is 0 Å². The minimum absolute atomic E-state index is 0.0183. The molecule has 112 valence electrons. The summed E-state index contributed by atoms with van der Waals surface area (Å²) in [6.07, 6.45) is 1.64. The number of ketones is 1. The first kappa shape index (κ1) is 14.8. The lowest BCUT2D eigenvalue weighted by molar-refractivity contribution is -0.119. The lowest BCUT2D eigenvalue weighted by atomic mass is 9.69. The average Bonchev–Trinajstić information content (AvgIpc) is 2.49. The number of hydrogen-bond donors (Lipinski definition) is 1. The van der Waals surface area contributed by atoms with Crippen LogP contribution in [-0.4, -0.2) is 10.9 Å². The summed E-state index contributed by atoms with van der Waals surface area (Å²) in [5.74, 6) is -0.678. The van der Waals surface area contributed by atoms with Crippen LogP contribution in [0.5, 0.6) is 0 Å². The zero-order valence-corrected chi connectivity index (χ0v) is 12.7. The number of allylic oxidation sites excluding steroid dienone is 1. The van der Waals surface area contributed by atoms with Crippen molar-refractivity contribution >= 4 is 23.1 Å². The Bertz CT molecular complexity index is 797. The summed E-state index contributed by atoms with van der Waals surface area (Å²) in [7, 11) is 0. The normalized spacial score (nSPS) is 20.5. The molecule has 0 heterocycles. The molecule has 1 atom stereocenters. The first-order chi connectivity index (χ1) is 10.4. The summed E-state index contributed by atoms with van der Waals surface area (Å²) in [6.45, 7) is 1.83. The molecule has 0 amide bonds. The van der Waals surface area contributed by atoms with Crippen LogP contribution < -0.4 is 0 Å². The summed E-state index contributed by atoms with van der Waals surface area (Å²) in [5, 5.41) is 10.0. The third-order valence-electron chi connectivity index (χ3n) is 4.15. The first-order valence-corrected chi connectivity index (χ1v) is 7.28. The molecule has 0 aliphatic heterocycles. The monoisotopic (exact) mass is 316 g/mol. The number of aliphatic hydroxyl groups excluding tert-OH is 1. The van der Waals surface area contributed by atoms with Crippen LogP contribution in [0.4, 0.5) is 4.39 Å². The summed E-state index contributed by atoms with van der Waals surface area (Å²) in [6, 6.07) is 11.7. The van der Waals surface area contributed by atoms with E-state index in [1.54, 1.807) is 12.1 Å². The van der Waals surface area contributed by atoms with Crippen LogP contribution in [0, 0.1) is 5.82 Å². The Balaban J connectivity index is 2.08. The molecule has 2 nitrogen and oxygen atoms in total. The van der Waals surface area contributed by atoms with E-state index in [4.69, 9.17) is 11.6 Å². The fourth-order valence-corrected chi connectivity index (χ4v) is 3.12. The van der Waals surface area contributed by atoms with Crippen molar-refractivity contribution in [2.45, 2.75) is 18.8 Å². The molecule has 1 aliphatic carbocycles. The van der Waals surface area contributed by atoms with Crippen LogP contribution in [0.25, 0.3) is 5.76 Å².